The summed E-state index contributed by atoms with van der Waals surface area (Å²) in [5, 5.41) is 9.34. The molecule has 3 heteroatoms. The van der Waals surface area contributed by atoms with Gasteiger partial charge >= 0.3 is 5.97 Å². The molecule has 1 N–H and O–H groups in total. The molecule has 0 unspecified atom stereocenters. The molecular formula is C20H24O3. The summed E-state index contributed by atoms with van der Waals surface area (Å²) in [7, 11) is 0. The normalized spacial score (nSPS) is 11.5. The summed E-state index contributed by atoms with van der Waals surface area (Å²) in [5.74, 6) is 0.137. The Bertz CT molecular complexity index is 673. The number of carboxylic acids is 1. The van der Waals surface area contributed by atoms with Crippen LogP contribution in [0.15, 0.2) is 48.5 Å². The predicted molar refractivity (Wildman–Crippen MR) is 92.8 cm³/mol. The molecule has 2 aromatic rings. The van der Waals surface area contributed by atoms with Crippen LogP contribution in [-0.4, -0.2) is 16.7 Å². The number of hydrogen-bond donors (Lipinski definition) is 1. The minimum absolute atomic E-state index is 0.466. The van der Waals surface area contributed by atoms with E-state index in [-0.39, 0.29) is 0 Å². The monoisotopic (exact) mass is 312 g/mol. The van der Waals surface area contributed by atoms with Crippen LogP contribution in [0.3, 0.4) is 0 Å². The quantitative estimate of drug-likeness (QED) is 0.834. The Hall–Kier alpha value is -2.29. The summed E-state index contributed by atoms with van der Waals surface area (Å²) >= 11 is 0. The zero-order valence-electron chi connectivity index (χ0n) is 14.2. The van der Waals surface area contributed by atoms with Gasteiger partial charge in [0.1, 0.15) is 5.75 Å². The molecule has 0 radical (unpaired) electrons. The van der Waals surface area contributed by atoms with E-state index in [4.69, 9.17) is 4.74 Å². The van der Waals surface area contributed by atoms with Crippen LogP contribution in [0.1, 0.15) is 33.3 Å². The van der Waals surface area contributed by atoms with Gasteiger partial charge in [0.2, 0.25) is 0 Å². The first-order chi connectivity index (χ1) is 10.8. The van der Waals surface area contributed by atoms with Crippen LogP contribution in [0, 0.1) is 5.92 Å². The predicted octanol–water partition coefficient (Wildman–Crippen LogP) is 4.79. The molecule has 0 heterocycles. The van der Waals surface area contributed by atoms with Gasteiger partial charge in [-0.2, -0.15) is 0 Å². The molecule has 0 fully saturated rings. The minimum atomic E-state index is -1.26. The van der Waals surface area contributed by atoms with Gasteiger partial charge in [-0.3, -0.25) is 0 Å². The molecule has 0 aliphatic heterocycles. The van der Waals surface area contributed by atoms with Crippen molar-refractivity contribution in [1.82, 2.24) is 0 Å². The van der Waals surface area contributed by atoms with E-state index in [1.54, 1.807) is 13.8 Å². The molecule has 0 aliphatic rings. The van der Waals surface area contributed by atoms with Crippen molar-refractivity contribution in [3.8, 4) is 16.9 Å². The highest BCUT2D eigenvalue weighted by molar-refractivity contribution is 5.77. The van der Waals surface area contributed by atoms with Gasteiger partial charge in [0, 0.05) is 0 Å². The number of benzene rings is 2. The fourth-order valence-corrected chi connectivity index (χ4v) is 2.39. The zero-order valence-corrected chi connectivity index (χ0v) is 14.2. The Kier molecular flexibility index (Phi) is 5.09. The van der Waals surface area contributed by atoms with Crippen LogP contribution in [0.5, 0.6) is 5.75 Å². The average Bonchev–Trinajstić information content (AvgIpc) is 2.49. The lowest BCUT2D eigenvalue weighted by molar-refractivity contribution is -0.152. The van der Waals surface area contributed by atoms with Crippen LogP contribution in [0.25, 0.3) is 11.1 Å². The number of ether oxygens (including phenoxy) is 1. The van der Waals surface area contributed by atoms with Crippen molar-refractivity contribution in [2.75, 3.05) is 0 Å². The van der Waals surface area contributed by atoms with Gasteiger partial charge in [-0.25, -0.2) is 4.79 Å². The first-order valence-corrected chi connectivity index (χ1v) is 7.90. The van der Waals surface area contributed by atoms with Crippen LogP contribution in [0.2, 0.25) is 0 Å². The van der Waals surface area contributed by atoms with Gasteiger partial charge in [0.15, 0.2) is 5.60 Å². The van der Waals surface area contributed by atoms with Crippen molar-refractivity contribution in [3.63, 3.8) is 0 Å². The SMILES string of the molecule is CC(C)Cc1ccc(-c2ccccc2)cc1OC(C)(C)C(=O)O. The maximum atomic E-state index is 11.4. The summed E-state index contributed by atoms with van der Waals surface area (Å²) in [6, 6.07) is 16.0. The van der Waals surface area contributed by atoms with E-state index in [1.165, 1.54) is 0 Å². The molecule has 0 bridgehead atoms. The third-order valence-corrected chi connectivity index (χ3v) is 3.68. The van der Waals surface area contributed by atoms with Gasteiger partial charge < -0.3 is 9.84 Å². The van der Waals surface area contributed by atoms with Gasteiger partial charge in [-0.05, 0) is 48.9 Å². The Labute approximate surface area is 137 Å². The van der Waals surface area contributed by atoms with Gasteiger partial charge in [-0.1, -0.05) is 56.3 Å². The number of aliphatic carboxylic acids is 1. The lowest BCUT2D eigenvalue weighted by atomic mass is 9.97. The summed E-state index contributed by atoms with van der Waals surface area (Å²) in [6.07, 6.45) is 0.847. The Morgan fingerprint density at radius 3 is 2.30 bits per heavy atom. The van der Waals surface area contributed by atoms with Crippen molar-refractivity contribution >= 4 is 5.97 Å². The molecular weight excluding hydrogens is 288 g/mol. The van der Waals surface area contributed by atoms with Gasteiger partial charge in [-0.15, -0.1) is 0 Å². The number of rotatable bonds is 6. The summed E-state index contributed by atoms with van der Waals surface area (Å²) < 4.78 is 5.86. The molecule has 0 amide bonds. The molecule has 0 saturated heterocycles. The maximum Gasteiger partial charge on any atom is 0.347 e. The van der Waals surface area contributed by atoms with Gasteiger partial charge in [0.05, 0.1) is 0 Å². The van der Waals surface area contributed by atoms with Gasteiger partial charge in [0.25, 0.3) is 0 Å². The topological polar surface area (TPSA) is 46.5 Å². The van der Waals surface area contributed by atoms with E-state index in [9.17, 15) is 9.90 Å². The average molecular weight is 312 g/mol. The fraction of sp³-hybridized carbons (Fsp3) is 0.350. The summed E-state index contributed by atoms with van der Waals surface area (Å²) in [4.78, 5) is 11.4. The first-order valence-electron chi connectivity index (χ1n) is 7.90. The Morgan fingerprint density at radius 1 is 1.09 bits per heavy atom. The molecule has 0 atom stereocenters. The van der Waals surface area contributed by atoms with E-state index in [2.05, 4.69) is 19.9 Å². The van der Waals surface area contributed by atoms with E-state index in [0.29, 0.717) is 11.7 Å². The maximum absolute atomic E-state index is 11.4. The van der Waals surface area contributed by atoms with Crippen LogP contribution in [-0.2, 0) is 11.2 Å². The molecule has 23 heavy (non-hydrogen) atoms. The molecule has 122 valence electrons. The molecule has 2 aromatic carbocycles. The third kappa shape index (κ3) is 4.35. The highest BCUT2D eigenvalue weighted by atomic mass is 16.5. The first kappa shape index (κ1) is 17.1. The molecule has 0 aliphatic carbocycles. The third-order valence-electron chi connectivity index (χ3n) is 3.68. The van der Waals surface area contributed by atoms with Crippen molar-refractivity contribution < 1.29 is 14.6 Å². The lowest BCUT2D eigenvalue weighted by Crippen LogP contribution is -2.38. The second-order valence-electron chi connectivity index (χ2n) is 6.70. The highest BCUT2D eigenvalue weighted by Crippen LogP contribution is 2.31. The number of hydrogen-bond acceptors (Lipinski definition) is 2. The minimum Gasteiger partial charge on any atom is -0.478 e. The van der Waals surface area contributed by atoms with Crippen LogP contribution < -0.4 is 4.74 Å². The summed E-state index contributed by atoms with van der Waals surface area (Å²) in [6.45, 7) is 7.42. The fourth-order valence-electron chi connectivity index (χ4n) is 2.39. The lowest BCUT2D eigenvalue weighted by Gasteiger charge is -2.24. The van der Waals surface area contributed by atoms with E-state index in [1.807, 2.05) is 42.5 Å². The van der Waals surface area contributed by atoms with E-state index in [0.717, 1.165) is 23.1 Å². The largest absolute Gasteiger partial charge is 0.478 e. The standard InChI is InChI=1S/C20H24O3/c1-14(2)12-17-11-10-16(15-8-6-5-7-9-15)13-18(17)23-20(3,4)19(21)22/h5-11,13-14H,12H2,1-4H3,(H,21,22). The van der Waals surface area contributed by atoms with E-state index < -0.39 is 11.6 Å². The Morgan fingerprint density at radius 2 is 1.74 bits per heavy atom. The smallest absolute Gasteiger partial charge is 0.347 e. The summed E-state index contributed by atoms with van der Waals surface area (Å²) in [5.41, 5.74) is 1.88. The second-order valence-corrected chi connectivity index (χ2v) is 6.70. The molecule has 3 nitrogen and oxygen atoms in total. The Balaban J connectivity index is 2.44. The van der Waals surface area contributed by atoms with Crippen molar-refractivity contribution in [2.24, 2.45) is 5.92 Å². The molecule has 0 saturated carbocycles. The number of carboxylic acid groups (broad SMARTS) is 1. The van der Waals surface area contributed by atoms with E-state index >= 15 is 0 Å². The van der Waals surface area contributed by atoms with Crippen molar-refractivity contribution in [3.05, 3.63) is 54.1 Å². The number of carbonyl (C=O) groups is 1. The highest BCUT2D eigenvalue weighted by Gasteiger charge is 2.30. The molecule has 0 spiro atoms. The molecule has 0 aromatic heterocycles. The second kappa shape index (κ2) is 6.86. The van der Waals surface area contributed by atoms with Crippen LogP contribution >= 0.6 is 0 Å². The van der Waals surface area contributed by atoms with Crippen molar-refractivity contribution in [2.45, 2.75) is 39.7 Å². The zero-order chi connectivity index (χ0) is 17.0. The van der Waals surface area contributed by atoms with Crippen molar-refractivity contribution in [1.29, 1.82) is 0 Å². The van der Waals surface area contributed by atoms with Crippen LogP contribution in [0.4, 0.5) is 0 Å². The molecule has 2 rings (SSSR count).